The quantitative estimate of drug-likeness (QED) is 0.356. The summed E-state index contributed by atoms with van der Waals surface area (Å²) in [7, 11) is 1.69. The van der Waals surface area contributed by atoms with Crippen LogP contribution in [0.4, 0.5) is 0 Å². The summed E-state index contributed by atoms with van der Waals surface area (Å²) in [5.74, 6) is -1.00. The highest BCUT2D eigenvalue weighted by molar-refractivity contribution is 5.97. The number of rotatable bonds is 9. The van der Waals surface area contributed by atoms with Crippen molar-refractivity contribution in [1.82, 2.24) is 30.3 Å². The number of hydrogen-bond acceptors (Lipinski definition) is 5. The van der Waals surface area contributed by atoms with Gasteiger partial charge in [0.25, 0.3) is 0 Å². The second kappa shape index (κ2) is 12.2. The molecule has 10 heteroatoms. The summed E-state index contributed by atoms with van der Waals surface area (Å²) in [4.78, 5) is 63.1. The lowest BCUT2D eigenvalue weighted by atomic mass is 9.85. The molecule has 2 aliphatic heterocycles. The fraction of sp³-hybridized carbons (Fsp3) is 0.455. The number of amides is 4. The van der Waals surface area contributed by atoms with Gasteiger partial charge in [-0.1, -0.05) is 69.3 Å². The third-order valence-electron chi connectivity index (χ3n) is 8.70. The van der Waals surface area contributed by atoms with Crippen molar-refractivity contribution in [3.8, 4) is 0 Å². The van der Waals surface area contributed by atoms with E-state index >= 15 is 0 Å². The van der Waals surface area contributed by atoms with Gasteiger partial charge in [0.2, 0.25) is 23.6 Å². The van der Waals surface area contributed by atoms with E-state index in [4.69, 9.17) is 0 Å². The lowest BCUT2D eigenvalue weighted by Gasteiger charge is -2.45. The monoisotopic (exact) mass is 586 g/mol. The van der Waals surface area contributed by atoms with Gasteiger partial charge in [-0.05, 0) is 43.0 Å². The van der Waals surface area contributed by atoms with Crippen LogP contribution in [0.2, 0.25) is 0 Å². The molecule has 1 aromatic heterocycles. The summed E-state index contributed by atoms with van der Waals surface area (Å²) in [6.45, 7) is 7.95. The number of aromatic amines is 1. The summed E-state index contributed by atoms with van der Waals surface area (Å²) in [6.07, 6.45) is 2.25. The van der Waals surface area contributed by atoms with E-state index in [9.17, 15) is 19.2 Å². The number of nitrogens with zero attached hydrogens (tertiary/aromatic N) is 3. The van der Waals surface area contributed by atoms with Crippen molar-refractivity contribution in [3.05, 3.63) is 71.9 Å². The van der Waals surface area contributed by atoms with Crippen LogP contribution in [0.1, 0.15) is 38.8 Å². The zero-order valence-electron chi connectivity index (χ0n) is 25.6. The molecule has 3 aromatic rings. The van der Waals surface area contributed by atoms with Gasteiger partial charge in [-0.2, -0.15) is 0 Å². The smallest absolute Gasteiger partial charge is 0.247 e. The molecule has 5 rings (SSSR count). The van der Waals surface area contributed by atoms with Gasteiger partial charge >= 0.3 is 0 Å². The number of hydrogen-bond donors (Lipinski definition) is 3. The number of H-pyrrole nitrogens is 1. The molecule has 4 amide bonds. The van der Waals surface area contributed by atoms with Crippen molar-refractivity contribution in [2.75, 3.05) is 26.7 Å². The van der Waals surface area contributed by atoms with E-state index in [-0.39, 0.29) is 36.7 Å². The zero-order valence-corrected chi connectivity index (χ0v) is 25.6. The largest absolute Gasteiger partial charge is 0.361 e. The van der Waals surface area contributed by atoms with Gasteiger partial charge in [-0.25, -0.2) is 0 Å². The minimum absolute atomic E-state index is 0.122. The summed E-state index contributed by atoms with van der Waals surface area (Å²) < 4.78 is 0. The topological polar surface area (TPSA) is 118 Å². The van der Waals surface area contributed by atoms with Crippen LogP contribution < -0.4 is 10.6 Å². The summed E-state index contributed by atoms with van der Waals surface area (Å²) in [5.41, 5.74) is 2.39. The van der Waals surface area contributed by atoms with Crippen molar-refractivity contribution >= 4 is 34.5 Å². The molecule has 0 bridgehead atoms. The van der Waals surface area contributed by atoms with E-state index in [0.29, 0.717) is 19.4 Å². The van der Waals surface area contributed by atoms with Gasteiger partial charge in [-0.15, -0.1) is 0 Å². The number of likely N-dealkylation sites (N-methyl/N-ethyl adjacent to an activating group) is 1. The maximum Gasteiger partial charge on any atom is 0.247 e. The number of benzene rings is 2. The van der Waals surface area contributed by atoms with E-state index in [2.05, 4.69) is 15.6 Å². The van der Waals surface area contributed by atoms with E-state index in [1.54, 1.807) is 28.7 Å². The number of aromatic nitrogens is 1. The first-order chi connectivity index (χ1) is 20.5. The Kier molecular flexibility index (Phi) is 8.59. The second-order valence-electron chi connectivity index (χ2n) is 12.7. The van der Waals surface area contributed by atoms with Crippen LogP contribution in [0.5, 0.6) is 0 Å². The molecule has 2 saturated heterocycles. The lowest BCUT2D eigenvalue weighted by Crippen LogP contribution is -2.66. The van der Waals surface area contributed by atoms with E-state index in [1.165, 1.54) is 0 Å². The Hall–Kier alpha value is -4.18. The zero-order chi connectivity index (χ0) is 30.9. The van der Waals surface area contributed by atoms with Crippen molar-refractivity contribution < 1.29 is 19.2 Å². The minimum atomic E-state index is -0.856. The Bertz CT molecular complexity index is 1500. The molecule has 3 N–H and O–H groups in total. The first-order valence-electron chi connectivity index (χ1n) is 15.0. The number of para-hydroxylation sites is 1. The van der Waals surface area contributed by atoms with Crippen molar-refractivity contribution in [2.24, 2.45) is 5.41 Å². The molecule has 0 radical (unpaired) electrons. The van der Waals surface area contributed by atoms with Crippen LogP contribution in [0, 0.1) is 5.41 Å². The molecule has 2 aromatic carbocycles. The maximum atomic E-state index is 14.2. The first-order valence-corrected chi connectivity index (χ1v) is 15.0. The van der Waals surface area contributed by atoms with Gasteiger partial charge in [0, 0.05) is 30.1 Å². The van der Waals surface area contributed by atoms with Gasteiger partial charge in [0.05, 0.1) is 12.6 Å². The number of piperazine rings is 1. The van der Waals surface area contributed by atoms with Crippen LogP contribution in [0.25, 0.3) is 10.9 Å². The molecule has 0 saturated carbocycles. The molecule has 1 unspecified atom stereocenters. The standard InChI is InChI=1S/C33H42N6O4/c1-21(34-5)30(41)36-29(33(2,3)4)32(43)38-20-28(40)39-26(17-23-18-35-25-14-10-9-13-24(23)25)31(42)37(19-27(38)39)16-15-22-11-7-6-8-12-22/h6-14,18,21,26-27,29,34-35H,15-17,19-20H2,1-5H3,(H,36,41)/t21-,26-,27?,29+/m0/s1. The number of fused-ring (bicyclic) bond motifs is 2. The van der Waals surface area contributed by atoms with Gasteiger partial charge in [0.15, 0.2) is 0 Å². The van der Waals surface area contributed by atoms with Gasteiger partial charge in [-0.3, -0.25) is 19.2 Å². The molecule has 228 valence electrons. The highest BCUT2D eigenvalue weighted by Gasteiger charge is 2.53. The van der Waals surface area contributed by atoms with Crippen LogP contribution in [0.3, 0.4) is 0 Å². The van der Waals surface area contributed by atoms with Crippen LogP contribution in [-0.4, -0.2) is 94.3 Å². The fourth-order valence-electron chi connectivity index (χ4n) is 6.08. The molecule has 10 nitrogen and oxygen atoms in total. The van der Waals surface area contributed by atoms with Crippen LogP contribution in [0.15, 0.2) is 60.8 Å². The SMILES string of the molecule is CN[C@@H](C)C(=O)N[C@H](C(=O)N1CC(=O)N2C1CN(CCc1ccccc1)C(=O)[C@@H]2Cc1c[nH]c2ccccc12)C(C)(C)C. The minimum Gasteiger partial charge on any atom is -0.361 e. The maximum absolute atomic E-state index is 14.2. The van der Waals surface area contributed by atoms with Gasteiger partial charge in [0.1, 0.15) is 24.8 Å². The van der Waals surface area contributed by atoms with E-state index < -0.39 is 29.7 Å². The molecular formula is C33H42N6O4. The average Bonchev–Trinajstić information content (AvgIpc) is 3.55. The molecule has 3 heterocycles. The highest BCUT2D eigenvalue weighted by Crippen LogP contribution is 2.32. The van der Waals surface area contributed by atoms with E-state index in [1.807, 2.05) is 81.6 Å². The summed E-state index contributed by atoms with van der Waals surface area (Å²) in [5, 5.41) is 6.84. The molecule has 0 spiro atoms. The van der Waals surface area contributed by atoms with E-state index in [0.717, 1.165) is 22.0 Å². The van der Waals surface area contributed by atoms with Crippen LogP contribution >= 0.6 is 0 Å². The molecule has 0 aliphatic carbocycles. The number of carbonyl (C=O) groups is 4. The Labute approximate surface area is 252 Å². The average molecular weight is 587 g/mol. The van der Waals surface area contributed by atoms with Crippen molar-refractivity contribution in [1.29, 1.82) is 0 Å². The Morgan fingerprint density at radius 1 is 1.05 bits per heavy atom. The molecular weight excluding hydrogens is 544 g/mol. The predicted octanol–water partition coefficient (Wildman–Crippen LogP) is 2.30. The van der Waals surface area contributed by atoms with Crippen LogP contribution in [-0.2, 0) is 32.0 Å². The molecule has 2 aliphatic rings. The Balaban J connectivity index is 1.47. The third-order valence-corrected chi connectivity index (χ3v) is 8.70. The first kappa shape index (κ1) is 30.3. The Morgan fingerprint density at radius 2 is 1.74 bits per heavy atom. The predicted molar refractivity (Wildman–Crippen MR) is 165 cm³/mol. The summed E-state index contributed by atoms with van der Waals surface area (Å²) >= 11 is 0. The summed E-state index contributed by atoms with van der Waals surface area (Å²) in [6, 6.07) is 15.7. The molecule has 2 fully saturated rings. The fourth-order valence-corrected chi connectivity index (χ4v) is 6.08. The molecule has 43 heavy (non-hydrogen) atoms. The molecule has 4 atom stereocenters. The third kappa shape index (κ3) is 6.15. The van der Waals surface area contributed by atoms with Crippen molar-refractivity contribution in [2.45, 2.75) is 64.8 Å². The lowest BCUT2D eigenvalue weighted by molar-refractivity contribution is -0.156. The highest BCUT2D eigenvalue weighted by atomic mass is 16.2. The number of carbonyl (C=O) groups excluding carboxylic acids is 4. The second-order valence-corrected chi connectivity index (χ2v) is 12.7. The Morgan fingerprint density at radius 3 is 2.44 bits per heavy atom. The normalized spacial score (nSPS) is 20.3. The van der Waals surface area contributed by atoms with Gasteiger partial charge < -0.3 is 30.3 Å². The number of nitrogens with one attached hydrogen (secondary N) is 3. The van der Waals surface area contributed by atoms with Crippen molar-refractivity contribution in [3.63, 3.8) is 0 Å².